The molecule has 0 N–H and O–H groups in total. The van der Waals surface area contributed by atoms with Gasteiger partial charge < -0.3 is 9.80 Å². The monoisotopic (exact) mass is 338 g/mol. The Kier molecular flexibility index (Phi) is 3.91. The summed E-state index contributed by atoms with van der Waals surface area (Å²) < 4.78 is 0. The van der Waals surface area contributed by atoms with E-state index in [0.29, 0.717) is 11.9 Å². The fraction of sp³-hybridized carbons (Fsp3) is 0.467. The summed E-state index contributed by atoms with van der Waals surface area (Å²) in [5.41, 5.74) is 1.61. The average Bonchev–Trinajstić information content (AvgIpc) is 2.50. The normalized spacial score (nSPS) is 18.1. The molecule has 0 aliphatic carbocycles. The van der Waals surface area contributed by atoms with Gasteiger partial charge in [0.25, 0.3) is 0 Å². The maximum Gasteiger partial charge on any atom is 0.242 e. The van der Waals surface area contributed by atoms with Crippen molar-refractivity contribution >= 4 is 39.1 Å². The molecular formula is C15H19BrN2O2. The van der Waals surface area contributed by atoms with E-state index in [2.05, 4.69) is 15.9 Å². The first-order valence-corrected chi connectivity index (χ1v) is 7.75. The minimum Gasteiger partial charge on any atom is -0.313 e. The summed E-state index contributed by atoms with van der Waals surface area (Å²) in [6.45, 7) is 5.85. The lowest BCUT2D eigenvalue weighted by molar-refractivity contribution is -0.137. The molecule has 108 valence electrons. The van der Waals surface area contributed by atoms with Gasteiger partial charge in [-0.05, 0) is 38.5 Å². The second-order valence-electron chi connectivity index (χ2n) is 5.50. The molecule has 0 saturated carbocycles. The molecule has 1 aromatic rings. The van der Waals surface area contributed by atoms with Gasteiger partial charge in [-0.1, -0.05) is 22.0 Å². The third-order valence-electron chi connectivity index (χ3n) is 3.78. The Bertz CT molecular complexity index is 569. The molecule has 0 spiro atoms. The van der Waals surface area contributed by atoms with E-state index in [1.807, 2.05) is 25.1 Å². The first-order valence-electron chi connectivity index (χ1n) is 6.63. The van der Waals surface area contributed by atoms with Gasteiger partial charge in [0.2, 0.25) is 11.8 Å². The first-order chi connectivity index (χ1) is 9.34. The molecule has 0 fully saturated rings. The van der Waals surface area contributed by atoms with E-state index < -0.39 is 5.41 Å². The summed E-state index contributed by atoms with van der Waals surface area (Å²) in [7, 11) is 1.73. The molecule has 1 aromatic carbocycles. The van der Waals surface area contributed by atoms with Gasteiger partial charge in [0.05, 0.1) is 11.4 Å². The summed E-state index contributed by atoms with van der Waals surface area (Å²) >= 11 is 3.42. The van der Waals surface area contributed by atoms with Gasteiger partial charge in [-0.25, -0.2) is 0 Å². The molecule has 5 heteroatoms. The minimum absolute atomic E-state index is 0.151. The summed E-state index contributed by atoms with van der Waals surface area (Å²) in [5.74, 6) is -0.325. The largest absolute Gasteiger partial charge is 0.313 e. The van der Waals surface area contributed by atoms with Crippen LogP contribution in [0, 0.1) is 5.41 Å². The van der Waals surface area contributed by atoms with Crippen molar-refractivity contribution in [1.82, 2.24) is 0 Å². The number of nitrogens with zero attached hydrogens (tertiary/aromatic N) is 2. The van der Waals surface area contributed by atoms with Gasteiger partial charge in [0.1, 0.15) is 5.41 Å². The topological polar surface area (TPSA) is 40.6 Å². The van der Waals surface area contributed by atoms with Crippen LogP contribution in [-0.4, -0.2) is 25.4 Å². The Labute approximate surface area is 127 Å². The van der Waals surface area contributed by atoms with E-state index >= 15 is 0 Å². The predicted octanol–water partition coefficient (Wildman–Crippen LogP) is 2.94. The van der Waals surface area contributed by atoms with E-state index in [4.69, 9.17) is 0 Å². The van der Waals surface area contributed by atoms with Crippen LogP contribution in [0.1, 0.15) is 26.3 Å². The van der Waals surface area contributed by atoms with Crippen molar-refractivity contribution in [2.24, 2.45) is 5.41 Å². The maximum absolute atomic E-state index is 12.6. The molecule has 0 radical (unpaired) electrons. The number of rotatable bonds is 2. The van der Waals surface area contributed by atoms with Crippen molar-refractivity contribution < 1.29 is 9.59 Å². The van der Waals surface area contributed by atoms with Crippen LogP contribution in [0.25, 0.3) is 0 Å². The lowest BCUT2D eigenvalue weighted by Gasteiger charge is -2.27. The zero-order chi connectivity index (χ0) is 15.1. The highest BCUT2D eigenvalue weighted by Gasteiger charge is 2.44. The molecule has 20 heavy (non-hydrogen) atoms. The van der Waals surface area contributed by atoms with Gasteiger partial charge in [0.15, 0.2) is 0 Å². The van der Waals surface area contributed by atoms with Crippen molar-refractivity contribution in [3.8, 4) is 0 Å². The summed E-state index contributed by atoms with van der Waals surface area (Å²) in [4.78, 5) is 28.5. The number of hydrogen-bond acceptors (Lipinski definition) is 2. The third kappa shape index (κ3) is 2.14. The molecule has 2 amide bonds. The quantitative estimate of drug-likeness (QED) is 0.614. The lowest BCUT2D eigenvalue weighted by Crippen LogP contribution is -2.47. The SMILES string of the molecule is CCN1C(=O)C(C)(C)C(=O)N(C)c2cc(CBr)ccc21. The van der Waals surface area contributed by atoms with Crippen molar-refractivity contribution in [2.45, 2.75) is 26.1 Å². The smallest absolute Gasteiger partial charge is 0.242 e. The first kappa shape index (κ1) is 15.0. The summed E-state index contributed by atoms with van der Waals surface area (Å²) in [6, 6.07) is 5.85. The van der Waals surface area contributed by atoms with Gasteiger partial charge in [-0.2, -0.15) is 0 Å². The van der Waals surface area contributed by atoms with Crippen LogP contribution in [0.15, 0.2) is 18.2 Å². The number of carbonyl (C=O) groups is 2. The molecule has 2 rings (SSSR count). The zero-order valence-corrected chi connectivity index (χ0v) is 13.8. The highest BCUT2D eigenvalue weighted by atomic mass is 79.9. The van der Waals surface area contributed by atoms with Gasteiger partial charge in [0, 0.05) is 18.9 Å². The molecular weight excluding hydrogens is 320 g/mol. The molecule has 1 aliphatic rings. The lowest BCUT2D eigenvalue weighted by atomic mass is 9.90. The number of fused-ring (bicyclic) bond motifs is 1. The van der Waals surface area contributed by atoms with Crippen molar-refractivity contribution in [3.63, 3.8) is 0 Å². The highest BCUT2D eigenvalue weighted by Crippen LogP contribution is 2.38. The minimum atomic E-state index is -1.04. The Balaban J connectivity index is 2.69. The van der Waals surface area contributed by atoms with Crippen LogP contribution >= 0.6 is 15.9 Å². The molecule has 4 nitrogen and oxygen atoms in total. The van der Waals surface area contributed by atoms with Crippen LogP contribution in [0.4, 0.5) is 11.4 Å². The molecule has 0 bridgehead atoms. The van der Waals surface area contributed by atoms with Crippen molar-refractivity contribution in [2.75, 3.05) is 23.4 Å². The maximum atomic E-state index is 12.6. The number of amides is 2. The summed E-state index contributed by atoms with van der Waals surface area (Å²) in [6.07, 6.45) is 0. The van der Waals surface area contributed by atoms with Gasteiger partial charge >= 0.3 is 0 Å². The molecule has 0 saturated heterocycles. The molecule has 1 aliphatic heterocycles. The Morgan fingerprint density at radius 1 is 1.15 bits per heavy atom. The van der Waals surface area contributed by atoms with E-state index in [1.54, 1.807) is 30.7 Å². The zero-order valence-electron chi connectivity index (χ0n) is 12.2. The van der Waals surface area contributed by atoms with Crippen LogP contribution in [0.5, 0.6) is 0 Å². The van der Waals surface area contributed by atoms with Crippen LogP contribution < -0.4 is 9.80 Å². The average molecular weight is 339 g/mol. The number of hydrogen-bond donors (Lipinski definition) is 0. The van der Waals surface area contributed by atoms with Crippen LogP contribution in [0.2, 0.25) is 0 Å². The van der Waals surface area contributed by atoms with Crippen molar-refractivity contribution in [1.29, 1.82) is 0 Å². The number of benzene rings is 1. The second kappa shape index (κ2) is 5.20. The van der Waals surface area contributed by atoms with E-state index in [0.717, 1.165) is 16.9 Å². The third-order valence-corrected chi connectivity index (χ3v) is 4.43. The number of carbonyl (C=O) groups excluding carboxylic acids is 2. The van der Waals surface area contributed by atoms with Crippen molar-refractivity contribution in [3.05, 3.63) is 23.8 Å². The summed E-state index contributed by atoms with van der Waals surface area (Å²) in [5, 5.41) is 0.714. The fourth-order valence-corrected chi connectivity index (χ4v) is 2.88. The molecule has 0 aromatic heterocycles. The Hall–Kier alpha value is -1.36. The predicted molar refractivity (Wildman–Crippen MR) is 84.3 cm³/mol. The van der Waals surface area contributed by atoms with E-state index in [-0.39, 0.29) is 11.8 Å². The second-order valence-corrected chi connectivity index (χ2v) is 6.06. The van der Waals surface area contributed by atoms with Gasteiger partial charge in [-0.3, -0.25) is 9.59 Å². The molecule has 0 unspecified atom stereocenters. The van der Waals surface area contributed by atoms with Crippen LogP contribution in [0.3, 0.4) is 0 Å². The van der Waals surface area contributed by atoms with E-state index in [9.17, 15) is 9.59 Å². The fourth-order valence-electron chi connectivity index (χ4n) is 2.53. The molecule has 0 atom stereocenters. The standard InChI is InChI=1S/C15H19BrN2O2/c1-5-18-11-7-6-10(9-16)8-12(11)17(4)13(19)15(2,3)14(18)20/h6-8H,5,9H2,1-4H3. The number of anilines is 2. The molecule has 1 heterocycles. The highest BCUT2D eigenvalue weighted by molar-refractivity contribution is 9.08. The van der Waals surface area contributed by atoms with Gasteiger partial charge in [-0.15, -0.1) is 0 Å². The van der Waals surface area contributed by atoms with Crippen LogP contribution in [-0.2, 0) is 14.9 Å². The number of alkyl halides is 1. The number of halogens is 1. The Morgan fingerprint density at radius 2 is 1.80 bits per heavy atom. The van der Waals surface area contributed by atoms with E-state index in [1.165, 1.54) is 0 Å². The Morgan fingerprint density at radius 3 is 2.35 bits per heavy atom.